The van der Waals surface area contributed by atoms with Crippen molar-refractivity contribution < 1.29 is 4.79 Å². The van der Waals surface area contributed by atoms with Crippen molar-refractivity contribution in [3.8, 4) is 0 Å². The molecule has 1 aliphatic rings. The number of amides is 1. The molecule has 0 aliphatic carbocycles. The van der Waals surface area contributed by atoms with Crippen LogP contribution in [0.25, 0.3) is 0 Å². The first kappa shape index (κ1) is 15.0. The van der Waals surface area contributed by atoms with Gasteiger partial charge in [-0.15, -0.1) is 0 Å². The lowest BCUT2D eigenvalue weighted by Crippen LogP contribution is -2.36. The zero-order valence-electron chi connectivity index (χ0n) is 12.7. The summed E-state index contributed by atoms with van der Waals surface area (Å²) in [6, 6.07) is 0.0212. The lowest BCUT2D eigenvalue weighted by atomic mass is 9.85. The highest BCUT2D eigenvalue weighted by Gasteiger charge is 2.22. The quantitative estimate of drug-likeness (QED) is 0.860. The Morgan fingerprint density at radius 1 is 1.60 bits per heavy atom. The van der Waals surface area contributed by atoms with E-state index in [0.717, 1.165) is 18.7 Å². The van der Waals surface area contributed by atoms with Crippen LogP contribution in [-0.4, -0.2) is 28.8 Å². The third-order valence-electron chi connectivity index (χ3n) is 4.25. The van der Waals surface area contributed by atoms with Gasteiger partial charge in [0.2, 0.25) is 5.91 Å². The number of carbonyl (C=O) groups is 1. The normalized spacial score (nSPS) is 22.2. The van der Waals surface area contributed by atoms with E-state index >= 15 is 0 Å². The van der Waals surface area contributed by atoms with Crippen LogP contribution in [0.15, 0.2) is 12.4 Å². The van der Waals surface area contributed by atoms with Gasteiger partial charge in [0.15, 0.2) is 0 Å². The van der Waals surface area contributed by atoms with Crippen LogP contribution in [-0.2, 0) is 11.8 Å². The van der Waals surface area contributed by atoms with Gasteiger partial charge in [-0.25, -0.2) is 0 Å². The molecule has 0 aromatic carbocycles. The number of aromatic nitrogens is 2. The van der Waals surface area contributed by atoms with Crippen molar-refractivity contribution in [2.75, 3.05) is 13.1 Å². The van der Waals surface area contributed by atoms with Gasteiger partial charge in [-0.3, -0.25) is 9.48 Å². The predicted octanol–water partition coefficient (Wildman–Crippen LogP) is 1.62. The molecule has 20 heavy (non-hydrogen) atoms. The maximum Gasteiger partial charge on any atom is 0.220 e. The van der Waals surface area contributed by atoms with Crippen molar-refractivity contribution in [3.05, 3.63) is 18.0 Å². The Labute approximate surface area is 121 Å². The van der Waals surface area contributed by atoms with Crippen LogP contribution in [0.4, 0.5) is 0 Å². The van der Waals surface area contributed by atoms with Crippen LogP contribution in [0.2, 0.25) is 0 Å². The molecule has 0 spiro atoms. The molecule has 3 atom stereocenters. The van der Waals surface area contributed by atoms with E-state index in [1.807, 2.05) is 20.2 Å². The molecule has 1 aromatic heterocycles. The topological polar surface area (TPSA) is 59.0 Å². The van der Waals surface area contributed by atoms with Crippen molar-refractivity contribution in [2.45, 2.75) is 39.2 Å². The Morgan fingerprint density at radius 3 is 3.00 bits per heavy atom. The second-order valence-corrected chi connectivity index (χ2v) is 6.02. The predicted molar refractivity (Wildman–Crippen MR) is 79.1 cm³/mol. The van der Waals surface area contributed by atoms with Gasteiger partial charge in [-0.05, 0) is 44.7 Å². The third kappa shape index (κ3) is 4.07. The minimum Gasteiger partial charge on any atom is -0.349 e. The van der Waals surface area contributed by atoms with Crippen molar-refractivity contribution in [1.82, 2.24) is 20.4 Å². The fourth-order valence-corrected chi connectivity index (χ4v) is 2.87. The van der Waals surface area contributed by atoms with E-state index in [-0.39, 0.29) is 11.9 Å². The summed E-state index contributed by atoms with van der Waals surface area (Å²) < 4.78 is 1.76. The molecule has 2 heterocycles. The number of hydrogen-bond donors (Lipinski definition) is 2. The molecule has 1 aliphatic heterocycles. The van der Waals surface area contributed by atoms with E-state index in [4.69, 9.17) is 0 Å². The zero-order valence-corrected chi connectivity index (χ0v) is 12.7. The number of nitrogens with zero attached hydrogens (tertiary/aromatic N) is 2. The lowest BCUT2D eigenvalue weighted by molar-refractivity contribution is -0.123. The first-order valence-electron chi connectivity index (χ1n) is 7.55. The molecule has 5 nitrogen and oxygen atoms in total. The smallest absolute Gasteiger partial charge is 0.220 e. The van der Waals surface area contributed by atoms with Crippen LogP contribution in [0, 0.1) is 11.8 Å². The molecule has 1 fully saturated rings. The SMILES string of the molecule is CC(NC(=O)CC(C)C1CCCNC1)c1cnn(C)c1. The first-order valence-corrected chi connectivity index (χ1v) is 7.55. The number of carbonyl (C=O) groups excluding carboxylic acids is 1. The fraction of sp³-hybridized carbons (Fsp3) is 0.733. The second kappa shape index (κ2) is 6.88. The monoisotopic (exact) mass is 278 g/mol. The van der Waals surface area contributed by atoms with E-state index in [1.54, 1.807) is 10.9 Å². The highest BCUT2D eigenvalue weighted by atomic mass is 16.1. The van der Waals surface area contributed by atoms with E-state index < -0.39 is 0 Å². The summed E-state index contributed by atoms with van der Waals surface area (Å²) in [6.45, 7) is 6.35. The van der Waals surface area contributed by atoms with Gasteiger partial charge < -0.3 is 10.6 Å². The maximum atomic E-state index is 12.1. The van der Waals surface area contributed by atoms with E-state index in [0.29, 0.717) is 18.3 Å². The van der Waals surface area contributed by atoms with Crippen LogP contribution < -0.4 is 10.6 Å². The molecular weight excluding hydrogens is 252 g/mol. The van der Waals surface area contributed by atoms with Crippen LogP contribution in [0.5, 0.6) is 0 Å². The Kier molecular flexibility index (Phi) is 5.17. The van der Waals surface area contributed by atoms with E-state index in [9.17, 15) is 4.79 Å². The molecule has 112 valence electrons. The number of hydrogen-bond acceptors (Lipinski definition) is 3. The lowest BCUT2D eigenvalue weighted by Gasteiger charge is -2.28. The zero-order chi connectivity index (χ0) is 14.5. The van der Waals surface area contributed by atoms with Crippen molar-refractivity contribution >= 4 is 5.91 Å². The van der Waals surface area contributed by atoms with Gasteiger partial charge in [0.25, 0.3) is 0 Å². The average Bonchev–Trinajstić information content (AvgIpc) is 2.86. The summed E-state index contributed by atoms with van der Waals surface area (Å²) >= 11 is 0. The number of nitrogens with one attached hydrogen (secondary N) is 2. The van der Waals surface area contributed by atoms with Gasteiger partial charge in [0.05, 0.1) is 12.2 Å². The van der Waals surface area contributed by atoms with Gasteiger partial charge in [0, 0.05) is 25.2 Å². The standard InChI is InChI=1S/C15H26N4O/c1-11(13-5-4-6-16-8-13)7-15(20)18-12(2)14-9-17-19(3)10-14/h9-13,16H,4-8H2,1-3H3,(H,18,20). The summed E-state index contributed by atoms with van der Waals surface area (Å²) in [6.07, 6.45) is 6.82. The molecule has 2 N–H and O–H groups in total. The summed E-state index contributed by atoms with van der Waals surface area (Å²) in [4.78, 5) is 12.1. The van der Waals surface area contributed by atoms with Crippen LogP contribution >= 0.6 is 0 Å². The van der Waals surface area contributed by atoms with E-state index in [1.165, 1.54) is 12.8 Å². The molecule has 3 unspecified atom stereocenters. The van der Waals surface area contributed by atoms with Crippen LogP contribution in [0.3, 0.4) is 0 Å². The number of piperidine rings is 1. The highest BCUT2D eigenvalue weighted by Crippen LogP contribution is 2.22. The van der Waals surface area contributed by atoms with Gasteiger partial charge >= 0.3 is 0 Å². The highest BCUT2D eigenvalue weighted by molar-refractivity contribution is 5.76. The van der Waals surface area contributed by atoms with Crippen molar-refractivity contribution in [3.63, 3.8) is 0 Å². The molecule has 1 saturated heterocycles. The minimum atomic E-state index is 0.0212. The average molecular weight is 278 g/mol. The number of rotatable bonds is 5. The first-order chi connectivity index (χ1) is 9.56. The van der Waals surface area contributed by atoms with Crippen molar-refractivity contribution in [1.29, 1.82) is 0 Å². The van der Waals surface area contributed by atoms with Gasteiger partial charge in [-0.1, -0.05) is 6.92 Å². The number of aryl methyl sites for hydroxylation is 1. The molecule has 0 radical (unpaired) electrons. The molecule has 2 rings (SSSR count). The van der Waals surface area contributed by atoms with Crippen LogP contribution in [0.1, 0.15) is 44.7 Å². The Morgan fingerprint density at radius 2 is 2.40 bits per heavy atom. The molecule has 0 bridgehead atoms. The molecule has 5 heteroatoms. The maximum absolute atomic E-state index is 12.1. The Bertz CT molecular complexity index is 437. The molecule has 1 amide bonds. The Balaban J connectivity index is 1.79. The Hall–Kier alpha value is -1.36. The summed E-state index contributed by atoms with van der Waals surface area (Å²) in [5.41, 5.74) is 1.05. The fourth-order valence-electron chi connectivity index (χ4n) is 2.87. The summed E-state index contributed by atoms with van der Waals surface area (Å²) in [5, 5.41) is 10.6. The second-order valence-electron chi connectivity index (χ2n) is 6.02. The summed E-state index contributed by atoms with van der Waals surface area (Å²) in [5.74, 6) is 1.20. The third-order valence-corrected chi connectivity index (χ3v) is 4.25. The largest absolute Gasteiger partial charge is 0.349 e. The van der Waals surface area contributed by atoms with Gasteiger partial charge in [-0.2, -0.15) is 5.10 Å². The molecule has 0 saturated carbocycles. The van der Waals surface area contributed by atoms with Gasteiger partial charge in [0.1, 0.15) is 0 Å². The molecule has 1 aromatic rings. The minimum absolute atomic E-state index is 0.0212. The summed E-state index contributed by atoms with van der Waals surface area (Å²) in [7, 11) is 1.89. The van der Waals surface area contributed by atoms with Crippen molar-refractivity contribution in [2.24, 2.45) is 18.9 Å². The molecular formula is C15H26N4O. The van der Waals surface area contributed by atoms with E-state index in [2.05, 4.69) is 22.7 Å².